The molecule has 0 aliphatic carbocycles. The maximum Gasteiger partial charge on any atom is 0.226 e. The number of ether oxygens (including phenoxy) is 1. The Hall–Kier alpha value is -1.55. The number of nitrogens with one attached hydrogen (secondary N) is 1. The van der Waals surface area contributed by atoms with Gasteiger partial charge in [-0.2, -0.15) is 0 Å². The van der Waals surface area contributed by atoms with Crippen molar-refractivity contribution in [1.82, 2.24) is 10.2 Å². The summed E-state index contributed by atoms with van der Waals surface area (Å²) < 4.78 is 5.69. The van der Waals surface area contributed by atoms with Crippen molar-refractivity contribution in [2.75, 3.05) is 26.2 Å². The van der Waals surface area contributed by atoms with E-state index in [1.165, 1.54) is 5.56 Å². The van der Waals surface area contributed by atoms with Gasteiger partial charge in [-0.25, -0.2) is 0 Å². The van der Waals surface area contributed by atoms with E-state index in [2.05, 4.69) is 12.2 Å². The van der Waals surface area contributed by atoms with Crippen molar-refractivity contribution >= 4 is 5.91 Å². The average Bonchev–Trinajstić information content (AvgIpc) is 2.98. The molecule has 4 nitrogen and oxygen atoms in total. The van der Waals surface area contributed by atoms with E-state index in [9.17, 15) is 4.79 Å². The molecule has 0 radical (unpaired) electrons. The Bertz CT molecular complexity index is 456. The second-order valence-corrected chi connectivity index (χ2v) is 5.65. The van der Waals surface area contributed by atoms with Crippen LogP contribution < -0.4 is 10.1 Å². The zero-order valence-corrected chi connectivity index (χ0v) is 13.1. The number of benzene rings is 1. The monoisotopic (exact) mass is 290 g/mol. The minimum Gasteiger partial charge on any atom is -0.493 e. The van der Waals surface area contributed by atoms with Gasteiger partial charge in [-0.05, 0) is 44.0 Å². The number of amides is 1. The number of hydrogen-bond acceptors (Lipinski definition) is 3. The van der Waals surface area contributed by atoms with Gasteiger partial charge in [0, 0.05) is 19.1 Å². The van der Waals surface area contributed by atoms with Gasteiger partial charge in [0.05, 0.1) is 13.0 Å². The molecule has 21 heavy (non-hydrogen) atoms. The summed E-state index contributed by atoms with van der Waals surface area (Å²) in [6.45, 7) is 7.38. The summed E-state index contributed by atoms with van der Waals surface area (Å²) in [6, 6.07) is 8.29. The van der Waals surface area contributed by atoms with Crippen molar-refractivity contribution in [2.45, 2.75) is 39.2 Å². The van der Waals surface area contributed by atoms with Crippen molar-refractivity contribution in [1.29, 1.82) is 0 Å². The van der Waals surface area contributed by atoms with Crippen LogP contribution in [0.15, 0.2) is 24.3 Å². The van der Waals surface area contributed by atoms with E-state index >= 15 is 0 Å². The maximum absolute atomic E-state index is 12.4. The molecule has 1 atom stereocenters. The molecule has 116 valence electrons. The summed E-state index contributed by atoms with van der Waals surface area (Å²) in [6.07, 6.45) is 2.51. The molecule has 2 rings (SSSR count). The van der Waals surface area contributed by atoms with Gasteiger partial charge >= 0.3 is 0 Å². The molecular weight excluding hydrogens is 264 g/mol. The Kier molecular flexibility index (Phi) is 6.05. The Morgan fingerprint density at radius 1 is 1.48 bits per heavy atom. The molecule has 1 aromatic carbocycles. The number of rotatable bonds is 7. The lowest BCUT2D eigenvalue weighted by Crippen LogP contribution is -2.42. The first-order valence-corrected chi connectivity index (χ1v) is 7.90. The highest BCUT2D eigenvalue weighted by atomic mass is 16.5. The fourth-order valence-corrected chi connectivity index (χ4v) is 2.76. The van der Waals surface area contributed by atoms with Crippen molar-refractivity contribution in [3.8, 4) is 5.75 Å². The van der Waals surface area contributed by atoms with Crippen LogP contribution >= 0.6 is 0 Å². The molecule has 1 aromatic rings. The van der Waals surface area contributed by atoms with Crippen molar-refractivity contribution in [3.63, 3.8) is 0 Å². The molecule has 0 aromatic heterocycles. The highest BCUT2D eigenvalue weighted by Crippen LogP contribution is 2.14. The van der Waals surface area contributed by atoms with Crippen LogP contribution in [0.1, 0.15) is 31.7 Å². The first-order valence-electron chi connectivity index (χ1n) is 7.90. The normalized spacial score (nSPS) is 17.7. The minimum absolute atomic E-state index is 0.207. The van der Waals surface area contributed by atoms with Crippen molar-refractivity contribution in [3.05, 3.63) is 29.8 Å². The maximum atomic E-state index is 12.4. The molecule has 1 unspecified atom stereocenters. The molecule has 1 aliphatic rings. The first-order chi connectivity index (χ1) is 10.2. The summed E-state index contributed by atoms with van der Waals surface area (Å²) in [5.41, 5.74) is 1.17. The first kappa shape index (κ1) is 15.8. The van der Waals surface area contributed by atoms with Crippen LogP contribution in [-0.4, -0.2) is 43.1 Å². The predicted octanol–water partition coefficient (Wildman–Crippen LogP) is 2.36. The third kappa shape index (κ3) is 4.74. The highest BCUT2D eigenvalue weighted by molar-refractivity contribution is 5.76. The Labute approximate surface area is 127 Å². The van der Waals surface area contributed by atoms with Gasteiger partial charge in [-0.15, -0.1) is 0 Å². The van der Waals surface area contributed by atoms with Gasteiger partial charge in [-0.3, -0.25) is 4.79 Å². The van der Waals surface area contributed by atoms with E-state index < -0.39 is 0 Å². The van der Waals surface area contributed by atoms with Gasteiger partial charge in [0.15, 0.2) is 0 Å². The summed E-state index contributed by atoms with van der Waals surface area (Å²) in [5, 5.41) is 3.33. The SMILES string of the molecule is CCCN(C(=O)CCOc1cccc(C)c1)C1CCNC1. The van der Waals surface area contributed by atoms with Crippen LogP contribution in [0.25, 0.3) is 0 Å². The fraction of sp³-hybridized carbons (Fsp3) is 0.588. The summed E-state index contributed by atoms with van der Waals surface area (Å²) >= 11 is 0. The number of aryl methyl sites for hydroxylation is 1. The minimum atomic E-state index is 0.207. The van der Waals surface area contributed by atoms with Crippen LogP contribution in [0.2, 0.25) is 0 Å². The van der Waals surface area contributed by atoms with E-state index in [1.807, 2.05) is 36.1 Å². The lowest BCUT2D eigenvalue weighted by Gasteiger charge is -2.28. The van der Waals surface area contributed by atoms with E-state index in [0.29, 0.717) is 19.1 Å². The molecule has 1 aliphatic heterocycles. The third-order valence-corrected chi connectivity index (χ3v) is 3.83. The molecule has 4 heteroatoms. The molecule has 1 N–H and O–H groups in total. The van der Waals surface area contributed by atoms with E-state index in [-0.39, 0.29) is 5.91 Å². The molecule has 0 saturated carbocycles. The van der Waals surface area contributed by atoms with Crippen LogP contribution in [0.5, 0.6) is 5.75 Å². The topological polar surface area (TPSA) is 41.6 Å². The smallest absolute Gasteiger partial charge is 0.226 e. The molecule has 0 bridgehead atoms. The largest absolute Gasteiger partial charge is 0.493 e. The zero-order valence-electron chi connectivity index (χ0n) is 13.1. The van der Waals surface area contributed by atoms with Gasteiger partial charge in [0.1, 0.15) is 5.75 Å². The van der Waals surface area contributed by atoms with Gasteiger partial charge in [-0.1, -0.05) is 19.1 Å². The van der Waals surface area contributed by atoms with Gasteiger partial charge in [0.2, 0.25) is 5.91 Å². The second kappa shape index (κ2) is 8.03. The van der Waals surface area contributed by atoms with E-state index in [4.69, 9.17) is 4.74 Å². The Balaban J connectivity index is 1.81. The molecule has 1 amide bonds. The summed E-state index contributed by atoms with van der Waals surface area (Å²) in [4.78, 5) is 14.4. The number of carbonyl (C=O) groups excluding carboxylic acids is 1. The lowest BCUT2D eigenvalue weighted by molar-refractivity contribution is -0.133. The second-order valence-electron chi connectivity index (χ2n) is 5.65. The molecule has 1 heterocycles. The van der Waals surface area contributed by atoms with Crippen LogP contribution in [-0.2, 0) is 4.79 Å². The van der Waals surface area contributed by atoms with E-state index in [0.717, 1.165) is 38.2 Å². The van der Waals surface area contributed by atoms with E-state index in [1.54, 1.807) is 0 Å². The summed E-state index contributed by atoms with van der Waals surface area (Å²) in [7, 11) is 0. The molecule has 1 saturated heterocycles. The fourth-order valence-electron chi connectivity index (χ4n) is 2.76. The molecule has 1 fully saturated rings. The molecule has 0 spiro atoms. The Morgan fingerprint density at radius 2 is 2.33 bits per heavy atom. The van der Waals surface area contributed by atoms with Crippen LogP contribution in [0.3, 0.4) is 0 Å². The quantitative estimate of drug-likeness (QED) is 0.838. The van der Waals surface area contributed by atoms with Crippen LogP contribution in [0, 0.1) is 6.92 Å². The lowest BCUT2D eigenvalue weighted by atomic mass is 10.2. The number of nitrogens with zero attached hydrogens (tertiary/aromatic N) is 1. The van der Waals surface area contributed by atoms with Crippen molar-refractivity contribution < 1.29 is 9.53 Å². The average molecular weight is 290 g/mol. The standard InChI is InChI=1S/C17H26N2O2/c1-3-10-19(15-7-9-18-13-15)17(20)8-11-21-16-6-4-5-14(2)12-16/h4-6,12,15,18H,3,7-11,13H2,1-2H3. The third-order valence-electron chi connectivity index (χ3n) is 3.83. The van der Waals surface area contributed by atoms with Gasteiger partial charge < -0.3 is 15.0 Å². The highest BCUT2D eigenvalue weighted by Gasteiger charge is 2.25. The molecular formula is C17H26N2O2. The summed E-state index contributed by atoms with van der Waals surface area (Å²) in [5.74, 6) is 1.05. The van der Waals surface area contributed by atoms with Crippen LogP contribution in [0.4, 0.5) is 0 Å². The predicted molar refractivity (Wildman–Crippen MR) is 84.6 cm³/mol. The number of hydrogen-bond donors (Lipinski definition) is 1. The van der Waals surface area contributed by atoms with Gasteiger partial charge in [0.25, 0.3) is 0 Å². The number of carbonyl (C=O) groups is 1. The zero-order chi connectivity index (χ0) is 15.1. The van der Waals surface area contributed by atoms with Crippen molar-refractivity contribution in [2.24, 2.45) is 0 Å². The Morgan fingerprint density at radius 3 is 3.00 bits per heavy atom.